The zero-order valence-electron chi connectivity index (χ0n) is 7.54. The summed E-state index contributed by atoms with van der Waals surface area (Å²) in [5, 5.41) is 7.23. The van der Waals surface area contributed by atoms with Crippen molar-refractivity contribution < 1.29 is 14.3 Å². The quantitative estimate of drug-likeness (QED) is 0.383. The largest absolute Gasteiger partial charge is 0.481 e. The van der Waals surface area contributed by atoms with Crippen LogP contribution in [0.25, 0.3) is 0 Å². The van der Waals surface area contributed by atoms with E-state index < -0.39 is 6.09 Å². The van der Waals surface area contributed by atoms with E-state index in [1.54, 1.807) is 0 Å². The maximum Gasteiger partial charge on any atom is 0.404 e. The number of carbonyl (C=O) groups is 1. The molecule has 0 aliphatic carbocycles. The van der Waals surface area contributed by atoms with Crippen molar-refractivity contribution >= 4 is 23.8 Å². The van der Waals surface area contributed by atoms with E-state index in [2.05, 4.69) is 4.74 Å². The minimum atomic E-state index is -0.763. The Bertz CT molecular complexity index is 175. The molecule has 76 valence electrons. The normalized spacial score (nSPS) is 9.31. The van der Waals surface area contributed by atoms with Crippen LogP contribution < -0.4 is 5.73 Å². The average Bonchev–Trinajstić information content (AvgIpc) is 2.03. The smallest absolute Gasteiger partial charge is 0.404 e. The van der Waals surface area contributed by atoms with Gasteiger partial charge in [0.1, 0.15) is 6.61 Å². The van der Waals surface area contributed by atoms with E-state index >= 15 is 0 Å². The molecule has 0 radical (unpaired) electrons. The van der Waals surface area contributed by atoms with Gasteiger partial charge in [0.15, 0.2) is 5.90 Å². The van der Waals surface area contributed by atoms with Crippen LogP contribution in [0.1, 0.15) is 6.92 Å². The minimum absolute atomic E-state index is 0.242. The van der Waals surface area contributed by atoms with Crippen molar-refractivity contribution in [3.8, 4) is 0 Å². The van der Waals surface area contributed by atoms with Crippen LogP contribution in [-0.2, 0) is 9.47 Å². The van der Waals surface area contributed by atoms with E-state index in [0.29, 0.717) is 18.1 Å². The monoisotopic (exact) mass is 206 g/mol. The number of ether oxygens (including phenoxy) is 2. The molecule has 6 heteroatoms. The lowest BCUT2D eigenvalue weighted by atomic mass is 10.7. The molecule has 0 aromatic rings. The Morgan fingerprint density at radius 1 is 1.54 bits per heavy atom. The Kier molecular flexibility index (Phi) is 7.18. The van der Waals surface area contributed by atoms with Crippen molar-refractivity contribution in [3.05, 3.63) is 0 Å². The second kappa shape index (κ2) is 7.72. The summed E-state index contributed by atoms with van der Waals surface area (Å²) in [4.78, 5) is 10.1. The highest BCUT2D eigenvalue weighted by atomic mass is 32.2. The molecule has 0 unspecified atom stereocenters. The molecule has 0 fully saturated rings. The lowest BCUT2D eigenvalue weighted by Crippen LogP contribution is -2.15. The molecule has 0 aromatic heterocycles. The fourth-order valence-electron chi connectivity index (χ4n) is 0.582. The maximum atomic E-state index is 10.1. The van der Waals surface area contributed by atoms with Crippen LogP contribution in [0.15, 0.2) is 0 Å². The van der Waals surface area contributed by atoms with E-state index in [1.165, 1.54) is 11.8 Å². The van der Waals surface area contributed by atoms with Gasteiger partial charge in [0.25, 0.3) is 0 Å². The zero-order chi connectivity index (χ0) is 10.1. The standard InChI is InChI=1S/C7H14N2O3S/c1-2-11-6(8)5-13-4-3-12-7(9)10/h8H,2-5H2,1H3,(H2,9,10). The van der Waals surface area contributed by atoms with Crippen molar-refractivity contribution in [1.29, 1.82) is 5.41 Å². The summed E-state index contributed by atoms with van der Waals surface area (Å²) >= 11 is 1.46. The van der Waals surface area contributed by atoms with Crippen LogP contribution in [0, 0.1) is 5.41 Å². The number of amides is 1. The fourth-order valence-corrected chi connectivity index (χ4v) is 1.20. The number of hydrogen-bond acceptors (Lipinski definition) is 5. The molecule has 5 nitrogen and oxygen atoms in total. The molecule has 0 saturated carbocycles. The molecular formula is C7H14N2O3S. The summed E-state index contributed by atoms with van der Waals surface area (Å²) in [7, 11) is 0. The van der Waals surface area contributed by atoms with Crippen molar-refractivity contribution in [2.24, 2.45) is 5.73 Å². The Hall–Kier alpha value is -0.910. The highest BCUT2D eigenvalue weighted by Crippen LogP contribution is 2.00. The van der Waals surface area contributed by atoms with Gasteiger partial charge >= 0.3 is 6.09 Å². The van der Waals surface area contributed by atoms with Crippen molar-refractivity contribution in [2.45, 2.75) is 6.92 Å². The van der Waals surface area contributed by atoms with E-state index in [1.807, 2.05) is 6.92 Å². The minimum Gasteiger partial charge on any atom is -0.481 e. The Morgan fingerprint density at radius 2 is 2.23 bits per heavy atom. The van der Waals surface area contributed by atoms with Gasteiger partial charge in [0.2, 0.25) is 0 Å². The van der Waals surface area contributed by atoms with Gasteiger partial charge in [-0.25, -0.2) is 4.79 Å². The molecule has 0 saturated heterocycles. The van der Waals surface area contributed by atoms with Crippen molar-refractivity contribution in [1.82, 2.24) is 0 Å². The van der Waals surface area contributed by atoms with Gasteiger partial charge in [0.05, 0.1) is 12.4 Å². The molecule has 3 N–H and O–H groups in total. The fraction of sp³-hybridized carbons (Fsp3) is 0.714. The number of rotatable bonds is 6. The summed E-state index contributed by atoms with van der Waals surface area (Å²) in [6.07, 6.45) is -0.763. The van der Waals surface area contributed by atoms with Crippen LogP contribution in [0.5, 0.6) is 0 Å². The molecule has 0 bridgehead atoms. The van der Waals surface area contributed by atoms with Gasteiger partial charge in [-0.3, -0.25) is 5.41 Å². The third kappa shape index (κ3) is 9.00. The maximum absolute atomic E-state index is 10.1. The lowest BCUT2D eigenvalue weighted by Gasteiger charge is -2.04. The van der Waals surface area contributed by atoms with Crippen LogP contribution in [-0.4, -0.2) is 36.7 Å². The SMILES string of the molecule is CCOC(=N)CSCCOC(N)=O. The Balaban J connectivity index is 3.16. The van der Waals surface area contributed by atoms with Crippen molar-refractivity contribution in [2.75, 3.05) is 24.7 Å². The molecule has 0 rings (SSSR count). The number of nitrogens with one attached hydrogen (secondary N) is 1. The van der Waals surface area contributed by atoms with E-state index in [9.17, 15) is 4.79 Å². The number of thioether (sulfide) groups is 1. The predicted octanol–water partition coefficient (Wildman–Crippen LogP) is 0.829. The molecular weight excluding hydrogens is 192 g/mol. The summed E-state index contributed by atoms with van der Waals surface area (Å²) in [5.41, 5.74) is 4.74. The number of nitrogens with two attached hydrogens (primary N) is 1. The van der Waals surface area contributed by atoms with Gasteiger partial charge in [-0.05, 0) is 6.92 Å². The second-order valence-electron chi connectivity index (χ2n) is 2.08. The van der Waals surface area contributed by atoms with E-state index in [-0.39, 0.29) is 12.5 Å². The van der Waals surface area contributed by atoms with Gasteiger partial charge in [-0.1, -0.05) is 0 Å². The average molecular weight is 206 g/mol. The number of primary amides is 1. The van der Waals surface area contributed by atoms with Crippen molar-refractivity contribution in [3.63, 3.8) is 0 Å². The third-order valence-corrected chi connectivity index (χ3v) is 1.95. The summed E-state index contributed by atoms with van der Waals surface area (Å²) < 4.78 is 9.39. The van der Waals surface area contributed by atoms with Crippen LogP contribution in [0.4, 0.5) is 4.79 Å². The van der Waals surface area contributed by atoms with Crippen LogP contribution >= 0.6 is 11.8 Å². The number of carbonyl (C=O) groups excluding carboxylic acids is 1. The first-order valence-electron chi connectivity index (χ1n) is 3.87. The first-order valence-corrected chi connectivity index (χ1v) is 5.02. The van der Waals surface area contributed by atoms with Crippen LogP contribution in [0.3, 0.4) is 0 Å². The van der Waals surface area contributed by atoms with Gasteiger partial charge in [-0.2, -0.15) is 0 Å². The molecule has 0 atom stereocenters. The van der Waals surface area contributed by atoms with E-state index in [0.717, 1.165) is 0 Å². The summed E-state index contributed by atoms with van der Waals surface area (Å²) in [6, 6.07) is 0. The van der Waals surface area contributed by atoms with Crippen LogP contribution in [0.2, 0.25) is 0 Å². The summed E-state index contributed by atoms with van der Waals surface area (Å²) in [6.45, 7) is 2.62. The Morgan fingerprint density at radius 3 is 2.77 bits per heavy atom. The topological polar surface area (TPSA) is 85.4 Å². The molecule has 0 heterocycles. The van der Waals surface area contributed by atoms with Gasteiger partial charge in [-0.15, -0.1) is 11.8 Å². The molecule has 0 spiro atoms. The predicted molar refractivity (Wildman–Crippen MR) is 52.2 cm³/mol. The first-order chi connectivity index (χ1) is 6.16. The highest BCUT2D eigenvalue weighted by Gasteiger charge is 1.98. The lowest BCUT2D eigenvalue weighted by molar-refractivity contribution is 0.164. The highest BCUT2D eigenvalue weighted by molar-refractivity contribution is 7.99. The summed E-state index contributed by atoms with van der Waals surface area (Å²) in [5.74, 6) is 1.36. The first kappa shape index (κ1) is 12.1. The zero-order valence-corrected chi connectivity index (χ0v) is 8.36. The molecule has 1 amide bonds. The van der Waals surface area contributed by atoms with Gasteiger partial charge in [0, 0.05) is 5.75 Å². The van der Waals surface area contributed by atoms with E-state index in [4.69, 9.17) is 15.9 Å². The molecule has 13 heavy (non-hydrogen) atoms. The number of hydrogen-bond donors (Lipinski definition) is 2. The van der Waals surface area contributed by atoms with Gasteiger partial charge < -0.3 is 15.2 Å². The third-order valence-electron chi connectivity index (χ3n) is 1.02. The second-order valence-corrected chi connectivity index (χ2v) is 3.18. The molecule has 0 aliphatic heterocycles. The Labute approximate surface area is 81.5 Å². The molecule has 0 aromatic carbocycles. The molecule has 0 aliphatic rings.